The van der Waals surface area contributed by atoms with Crippen LogP contribution in [0.25, 0.3) is 0 Å². The normalized spacial score (nSPS) is 9.62. The summed E-state index contributed by atoms with van der Waals surface area (Å²) in [5, 5.41) is 3.50. The molecule has 0 aliphatic heterocycles. The van der Waals surface area contributed by atoms with Crippen LogP contribution in [0.4, 0.5) is 5.69 Å². The van der Waals surface area contributed by atoms with Crippen molar-refractivity contribution in [2.24, 2.45) is 16.5 Å². The zero-order valence-corrected chi connectivity index (χ0v) is 9.58. The van der Waals surface area contributed by atoms with Gasteiger partial charge in [-0.2, -0.15) is 4.99 Å². The highest BCUT2D eigenvalue weighted by molar-refractivity contribution is 6.31. The van der Waals surface area contributed by atoms with Crippen molar-refractivity contribution in [2.45, 2.75) is 6.92 Å². The molecular weight excluding hydrogens is 228 g/mol. The maximum Gasteiger partial charge on any atom is 0.280 e. The van der Waals surface area contributed by atoms with Crippen molar-refractivity contribution in [3.05, 3.63) is 28.8 Å². The monoisotopic (exact) mass is 240 g/mol. The molecule has 16 heavy (non-hydrogen) atoms. The standard InChI is InChI=1S/C10H13ClN4O/c1-2-14-8-4-6(3-7(11)5-8)9(16)15-10(12)13/h3-5,14H,2H2,1H3,(H4,12,13,15,16). The van der Waals surface area contributed by atoms with Gasteiger partial charge in [0, 0.05) is 22.8 Å². The third kappa shape index (κ3) is 3.43. The number of amides is 1. The van der Waals surface area contributed by atoms with E-state index in [0.717, 1.165) is 12.2 Å². The summed E-state index contributed by atoms with van der Waals surface area (Å²) in [4.78, 5) is 15.0. The molecular formula is C10H13ClN4O. The molecule has 0 saturated heterocycles. The summed E-state index contributed by atoms with van der Waals surface area (Å²) in [5.74, 6) is -0.781. The Labute approximate surface area is 98.5 Å². The summed E-state index contributed by atoms with van der Waals surface area (Å²) in [5.41, 5.74) is 11.3. The predicted octanol–water partition coefficient (Wildman–Crippen LogP) is 1.19. The molecule has 0 saturated carbocycles. The summed E-state index contributed by atoms with van der Waals surface area (Å²) in [6.45, 7) is 2.68. The van der Waals surface area contributed by atoms with E-state index in [9.17, 15) is 4.79 Å². The topological polar surface area (TPSA) is 93.5 Å². The zero-order valence-electron chi connectivity index (χ0n) is 8.83. The fourth-order valence-electron chi connectivity index (χ4n) is 1.20. The van der Waals surface area contributed by atoms with Crippen molar-refractivity contribution in [1.82, 2.24) is 0 Å². The molecule has 0 bridgehead atoms. The van der Waals surface area contributed by atoms with Crippen LogP contribution in [-0.2, 0) is 0 Å². The largest absolute Gasteiger partial charge is 0.385 e. The molecule has 0 fully saturated rings. The van der Waals surface area contributed by atoms with Crippen LogP contribution in [0.1, 0.15) is 17.3 Å². The van der Waals surface area contributed by atoms with E-state index in [-0.39, 0.29) is 5.96 Å². The second kappa shape index (κ2) is 5.37. The molecule has 1 aromatic carbocycles. The number of halogens is 1. The third-order valence-electron chi connectivity index (χ3n) is 1.76. The summed E-state index contributed by atoms with van der Waals surface area (Å²) < 4.78 is 0. The van der Waals surface area contributed by atoms with Crippen LogP contribution < -0.4 is 16.8 Å². The first kappa shape index (κ1) is 12.3. The van der Waals surface area contributed by atoms with Crippen molar-refractivity contribution >= 4 is 29.2 Å². The minimum atomic E-state index is -0.512. The van der Waals surface area contributed by atoms with Gasteiger partial charge in [0.05, 0.1) is 0 Å². The molecule has 6 heteroatoms. The highest BCUT2D eigenvalue weighted by atomic mass is 35.5. The van der Waals surface area contributed by atoms with Crippen molar-refractivity contribution < 1.29 is 4.79 Å². The van der Waals surface area contributed by atoms with Crippen LogP contribution in [-0.4, -0.2) is 18.4 Å². The van der Waals surface area contributed by atoms with E-state index < -0.39 is 5.91 Å². The minimum Gasteiger partial charge on any atom is -0.385 e. The molecule has 0 unspecified atom stereocenters. The number of guanidine groups is 1. The SMILES string of the molecule is CCNc1cc(Cl)cc(C(=O)N=C(N)N)c1. The Hall–Kier alpha value is -1.75. The molecule has 0 spiro atoms. The molecule has 0 atom stereocenters. The Kier molecular flexibility index (Phi) is 4.13. The molecule has 5 nitrogen and oxygen atoms in total. The number of anilines is 1. The predicted molar refractivity (Wildman–Crippen MR) is 65.8 cm³/mol. The molecule has 86 valence electrons. The van der Waals surface area contributed by atoms with E-state index >= 15 is 0 Å². The number of nitrogens with two attached hydrogens (primary N) is 2. The molecule has 1 rings (SSSR count). The zero-order chi connectivity index (χ0) is 12.1. The number of hydrogen-bond acceptors (Lipinski definition) is 2. The van der Waals surface area contributed by atoms with Crippen LogP contribution in [0, 0.1) is 0 Å². The highest BCUT2D eigenvalue weighted by Gasteiger charge is 2.07. The Balaban J connectivity index is 3.04. The number of aliphatic imine (C=N–C) groups is 1. The Morgan fingerprint density at radius 2 is 2.12 bits per heavy atom. The van der Waals surface area contributed by atoms with Gasteiger partial charge in [-0.1, -0.05) is 11.6 Å². The smallest absolute Gasteiger partial charge is 0.280 e. The minimum absolute atomic E-state index is 0.269. The first-order valence-electron chi connectivity index (χ1n) is 4.71. The molecule has 0 aliphatic carbocycles. The molecule has 5 N–H and O–H groups in total. The van der Waals surface area contributed by atoms with Crippen LogP contribution in [0.2, 0.25) is 5.02 Å². The molecule has 0 radical (unpaired) electrons. The first-order chi connectivity index (χ1) is 7.52. The average molecular weight is 241 g/mol. The lowest BCUT2D eigenvalue weighted by molar-refractivity contribution is 0.100. The summed E-state index contributed by atoms with van der Waals surface area (Å²) in [6.07, 6.45) is 0. The van der Waals surface area contributed by atoms with Gasteiger partial charge in [-0.05, 0) is 25.1 Å². The Morgan fingerprint density at radius 3 is 2.69 bits per heavy atom. The maximum atomic E-state index is 11.5. The van der Waals surface area contributed by atoms with Gasteiger partial charge in [-0.25, -0.2) is 0 Å². The van der Waals surface area contributed by atoms with Gasteiger partial charge in [0.15, 0.2) is 5.96 Å². The van der Waals surface area contributed by atoms with E-state index in [1.807, 2.05) is 6.92 Å². The van der Waals surface area contributed by atoms with Crippen LogP contribution in [0.3, 0.4) is 0 Å². The summed E-state index contributed by atoms with van der Waals surface area (Å²) in [7, 11) is 0. The lowest BCUT2D eigenvalue weighted by Gasteiger charge is -2.05. The number of carbonyl (C=O) groups is 1. The number of nitrogens with one attached hydrogen (secondary N) is 1. The highest BCUT2D eigenvalue weighted by Crippen LogP contribution is 2.19. The fraction of sp³-hybridized carbons (Fsp3) is 0.200. The van der Waals surface area contributed by atoms with E-state index in [0.29, 0.717) is 10.6 Å². The molecule has 1 aromatic rings. The maximum absolute atomic E-state index is 11.5. The second-order valence-corrected chi connectivity index (χ2v) is 3.54. The Morgan fingerprint density at radius 1 is 1.44 bits per heavy atom. The van der Waals surface area contributed by atoms with Crippen molar-refractivity contribution in [2.75, 3.05) is 11.9 Å². The van der Waals surface area contributed by atoms with Gasteiger partial charge < -0.3 is 16.8 Å². The molecule has 0 aromatic heterocycles. The first-order valence-corrected chi connectivity index (χ1v) is 5.09. The van der Waals surface area contributed by atoms with Crippen LogP contribution >= 0.6 is 11.6 Å². The third-order valence-corrected chi connectivity index (χ3v) is 1.97. The molecule has 1 amide bonds. The number of nitrogens with zero attached hydrogens (tertiary/aromatic N) is 1. The van der Waals surface area contributed by atoms with Crippen molar-refractivity contribution in [3.8, 4) is 0 Å². The van der Waals surface area contributed by atoms with Crippen molar-refractivity contribution in [3.63, 3.8) is 0 Å². The average Bonchev–Trinajstić information content (AvgIpc) is 2.16. The van der Waals surface area contributed by atoms with Gasteiger partial charge in [0.1, 0.15) is 0 Å². The number of carbonyl (C=O) groups excluding carboxylic acids is 1. The van der Waals surface area contributed by atoms with Gasteiger partial charge in [0.2, 0.25) is 0 Å². The van der Waals surface area contributed by atoms with Crippen LogP contribution in [0.5, 0.6) is 0 Å². The van der Waals surface area contributed by atoms with E-state index in [4.69, 9.17) is 23.1 Å². The fourth-order valence-corrected chi connectivity index (χ4v) is 1.44. The van der Waals surface area contributed by atoms with Crippen LogP contribution in [0.15, 0.2) is 23.2 Å². The lowest BCUT2D eigenvalue weighted by Crippen LogP contribution is -2.24. The number of benzene rings is 1. The summed E-state index contributed by atoms with van der Waals surface area (Å²) in [6, 6.07) is 4.87. The second-order valence-electron chi connectivity index (χ2n) is 3.10. The Bertz CT molecular complexity index is 427. The molecule has 0 heterocycles. The molecule has 0 aliphatic rings. The van der Waals surface area contributed by atoms with E-state index in [1.165, 1.54) is 6.07 Å². The quantitative estimate of drug-likeness (QED) is 0.546. The van der Waals surface area contributed by atoms with E-state index in [1.54, 1.807) is 12.1 Å². The van der Waals surface area contributed by atoms with Gasteiger partial charge in [-0.15, -0.1) is 0 Å². The van der Waals surface area contributed by atoms with Gasteiger partial charge in [-0.3, -0.25) is 4.79 Å². The van der Waals surface area contributed by atoms with Crippen molar-refractivity contribution in [1.29, 1.82) is 0 Å². The lowest BCUT2D eigenvalue weighted by atomic mass is 10.2. The number of hydrogen-bond donors (Lipinski definition) is 3. The number of rotatable bonds is 3. The van der Waals surface area contributed by atoms with Gasteiger partial charge >= 0.3 is 0 Å². The summed E-state index contributed by atoms with van der Waals surface area (Å²) >= 11 is 5.86. The van der Waals surface area contributed by atoms with E-state index in [2.05, 4.69) is 10.3 Å². The van der Waals surface area contributed by atoms with Gasteiger partial charge in [0.25, 0.3) is 5.91 Å².